The zero-order valence-electron chi connectivity index (χ0n) is 11.3. The summed E-state index contributed by atoms with van der Waals surface area (Å²) in [5.41, 5.74) is 2.44. The molecular formula is C17H16N2O. The van der Waals surface area contributed by atoms with Gasteiger partial charge in [0, 0.05) is 16.9 Å². The van der Waals surface area contributed by atoms with Crippen molar-refractivity contribution in [1.82, 2.24) is 4.68 Å². The molecule has 2 N–H and O–H groups in total. The molecule has 0 spiro atoms. The van der Waals surface area contributed by atoms with Crippen LogP contribution in [0.5, 0.6) is 0 Å². The molecule has 3 rings (SSSR count). The van der Waals surface area contributed by atoms with Gasteiger partial charge in [-0.05, 0) is 17.7 Å². The Morgan fingerprint density at radius 3 is 2.40 bits per heavy atom. The molecule has 20 heavy (non-hydrogen) atoms. The van der Waals surface area contributed by atoms with E-state index in [2.05, 4.69) is 0 Å². The fourth-order valence-electron chi connectivity index (χ4n) is 2.54. The van der Waals surface area contributed by atoms with Crippen molar-refractivity contribution in [2.24, 2.45) is 0 Å². The molecule has 3 heteroatoms. The highest BCUT2D eigenvalue weighted by atomic mass is 16.1. The van der Waals surface area contributed by atoms with E-state index in [0.717, 1.165) is 22.0 Å². The molecule has 0 saturated carbocycles. The van der Waals surface area contributed by atoms with E-state index in [-0.39, 0.29) is 11.5 Å². The summed E-state index contributed by atoms with van der Waals surface area (Å²) in [4.78, 5) is 12.4. The minimum Gasteiger partial charge on any atom is -0.336 e. The Balaban J connectivity index is 2.22. The largest absolute Gasteiger partial charge is 0.336 e. The number of para-hydroxylation sites is 1. The average Bonchev–Trinajstić information content (AvgIpc) is 2.51. The summed E-state index contributed by atoms with van der Waals surface area (Å²) in [7, 11) is 0. The van der Waals surface area contributed by atoms with E-state index < -0.39 is 0 Å². The molecule has 0 amide bonds. The number of pyridine rings is 1. The lowest BCUT2D eigenvalue weighted by Gasteiger charge is -2.14. The van der Waals surface area contributed by atoms with Crippen molar-refractivity contribution in [1.29, 1.82) is 0 Å². The van der Waals surface area contributed by atoms with Crippen LogP contribution in [-0.4, -0.2) is 4.68 Å². The molecule has 0 aliphatic heterocycles. The van der Waals surface area contributed by atoms with Crippen LogP contribution >= 0.6 is 0 Å². The number of fused-ring (bicyclic) bond motifs is 1. The Hall–Kier alpha value is -2.55. The maximum atomic E-state index is 12.4. The normalized spacial score (nSPS) is 12.4. The predicted molar refractivity (Wildman–Crippen MR) is 82.3 cm³/mol. The van der Waals surface area contributed by atoms with Gasteiger partial charge in [0.05, 0.1) is 5.52 Å². The van der Waals surface area contributed by atoms with Gasteiger partial charge < -0.3 is 5.84 Å². The molecule has 0 aliphatic carbocycles. The molecule has 0 radical (unpaired) electrons. The first-order chi connectivity index (χ1) is 9.68. The number of benzene rings is 2. The van der Waals surface area contributed by atoms with Gasteiger partial charge in [0.2, 0.25) is 0 Å². The van der Waals surface area contributed by atoms with Crippen molar-refractivity contribution < 1.29 is 0 Å². The maximum absolute atomic E-state index is 12.4. The topological polar surface area (TPSA) is 48.0 Å². The van der Waals surface area contributed by atoms with Crippen LogP contribution < -0.4 is 11.4 Å². The van der Waals surface area contributed by atoms with E-state index in [0.29, 0.717) is 0 Å². The average molecular weight is 264 g/mol. The lowest BCUT2D eigenvalue weighted by molar-refractivity contribution is 0.861. The Morgan fingerprint density at radius 2 is 1.65 bits per heavy atom. The summed E-state index contributed by atoms with van der Waals surface area (Å²) in [5.74, 6) is 5.96. The molecule has 100 valence electrons. The molecule has 3 aromatic rings. The summed E-state index contributed by atoms with van der Waals surface area (Å²) in [6.07, 6.45) is 0. The van der Waals surface area contributed by atoms with Crippen LogP contribution in [0, 0.1) is 0 Å². The van der Waals surface area contributed by atoms with Gasteiger partial charge in [0.15, 0.2) is 0 Å². The van der Waals surface area contributed by atoms with Crippen LogP contribution in [0.15, 0.2) is 65.5 Å². The maximum Gasteiger partial charge on any atom is 0.273 e. The van der Waals surface area contributed by atoms with Gasteiger partial charge in [-0.1, -0.05) is 55.5 Å². The van der Waals surface area contributed by atoms with Gasteiger partial charge in [-0.2, -0.15) is 0 Å². The smallest absolute Gasteiger partial charge is 0.273 e. The molecule has 0 bridgehead atoms. The van der Waals surface area contributed by atoms with Crippen LogP contribution in [0.4, 0.5) is 0 Å². The monoisotopic (exact) mass is 264 g/mol. The predicted octanol–water partition coefficient (Wildman–Crippen LogP) is 2.87. The molecule has 0 saturated heterocycles. The molecule has 1 unspecified atom stereocenters. The highest BCUT2D eigenvalue weighted by Gasteiger charge is 2.15. The molecule has 1 aromatic heterocycles. The van der Waals surface area contributed by atoms with Crippen LogP contribution in [0.2, 0.25) is 0 Å². The van der Waals surface area contributed by atoms with Gasteiger partial charge in [0.25, 0.3) is 5.56 Å². The van der Waals surface area contributed by atoms with Gasteiger partial charge in [0.1, 0.15) is 0 Å². The first-order valence-electron chi connectivity index (χ1n) is 6.63. The van der Waals surface area contributed by atoms with Gasteiger partial charge in [-0.25, -0.2) is 4.68 Å². The second kappa shape index (κ2) is 4.85. The first kappa shape index (κ1) is 12.5. The standard InChI is InChI=1S/C17H16N2O/c1-12(13-7-3-2-4-8-13)15-11-14-9-5-6-10-16(14)19(18)17(15)20/h2-12H,18H2,1H3. The lowest BCUT2D eigenvalue weighted by atomic mass is 9.93. The third-order valence-electron chi connectivity index (χ3n) is 3.74. The number of hydrogen-bond acceptors (Lipinski definition) is 2. The quantitative estimate of drug-likeness (QED) is 0.723. The van der Waals surface area contributed by atoms with Crippen molar-refractivity contribution in [2.45, 2.75) is 12.8 Å². The van der Waals surface area contributed by atoms with Gasteiger partial charge in [-0.15, -0.1) is 0 Å². The van der Waals surface area contributed by atoms with Crippen molar-refractivity contribution in [3.63, 3.8) is 0 Å². The zero-order chi connectivity index (χ0) is 14.1. The molecule has 1 heterocycles. The number of rotatable bonds is 2. The van der Waals surface area contributed by atoms with Crippen LogP contribution in [0.3, 0.4) is 0 Å². The molecule has 0 fully saturated rings. The fourth-order valence-corrected chi connectivity index (χ4v) is 2.54. The van der Waals surface area contributed by atoms with Gasteiger partial charge >= 0.3 is 0 Å². The van der Waals surface area contributed by atoms with Crippen molar-refractivity contribution in [2.75, 3.05) is 5.84 Å². The fraction of sp³-hybridized carbons (Fsp3) is 0.118. The summed E-state index contributed by atoms with van der Waals surface area (Å²) < 4.78 is 1.24. The first-order valence-corrected chi connectivity index (χ1v) is 6.63. The highest BCUT2D eigenvalue weighted by molar-refractivity contribution is 5.79. The van der Waals surface area contributed by atoms with Crippen molar-refractivity contribution in [3.05, 3.63) is 82.1 Å². The third kappa shape index (κ3) is 1.97. The second-order valence-electron chi connectivity index (χ2n) is 4.97. The SMILES string of the molecule is CC(c1ccccc1)c1cc2ccccc2n(N)c1=O. The summed E-state index contributed by atoms with van der Waals surface area (Å²) in [6, 6.07) is 19.6. The highest BCUT2D eigenvalue weighted by Crippen LogP contribution is 2.23. The molecular weight excluding hydrogens is 248 g/mol. The molecule has 3 nitrogen and oxygen atoms in total. The Morgan fingerprint density at radius 1 is 1.00 bits per heavy atom. The van der Waals surface area contributed by atoms with Gasteiger partial charge in [-0.3, -0.25) is 4.79 Å². The van der Waals surface area contributed by atoms with Crippen molar-refractivity contribution >= 4 is 10.9 Å². The Labute approximate surface area is 117 Å². The minimum absolute atomic E-state index is 0.0168. The minimum atomic E-state index is -0.139. The Bertz CT molecular complexity index is 806. The molecule has 2 aromatic carbocycles. The van der Waals surface area contributed by atoms with Crippen LogP contribution in [0.25, 0.3) is 10.9 Å². The number of nitrogen functional groups attached to an aromatic ring is 1. The number of nitrogens with zero attached hydrogens (tertiary/aromatic N) is 1. The van der Waals surface area contributed by atoms with E-state index in [1.807, 2.05) is 67.6 Å². The van der Waals surface area contributed by atoms with E-state index in [1.165, 1.54) is 4.68 Å². The molecule has 0 aliphatic rings. The van der Waals surface area contributed by atoms with Crippen molar-refractivity contribution in [3.8, 4) is 0 Å². The van der Waals surface area contributed by atoms with E-state index in [1.54, 1.807) is 0 Å². The summed E-state index contributed by atoms with van der Waals surface area (Å²) >= 11 is 0. The lowest BCUT2D eigenvalue weighted by Crippen LogP contribution is -2.31. The zero-order valence-corrected chi connectivity index (χ0v) is 11.3. The van der Waals surface area contributed by atoms with Crippen LogP contribution in [0.1, 0.15) is 24.0 Å². The number of nitrogens with two attached hydrogens (primary N) is 1. The second-order valence-corrected chi connectivity index (χ2v) is 4.97. The number of hydrogen-bond donors (Lipinski definition) is 1. The van der Waals surface area contributed by atoms with Crippen LogP contribution in [-0.2, 0) is 0 Å². The summed E-state index contributed by atoms with van der Waals surface area (Å²) in [5, 5.41) is 0.979. The van der Waals surface area contributed by atoms with E-state index >= 15 is 0 Å². The van der Waals surface area contributed by atoms with E-state index in [9.17, 15) is 4.79 Å². The molecule has 1 atom stereocenters. The Kier molecular flexibility index (Phi) is 3.03. The van der Waals surface area contributed by atoms with E-state index in [4.69, 9.17) is 5.84 Å². The third-order valence-corrected chi connectivity index (χ3v) is 3.74. The summed E-state index contributed by atoms with van der Waals surface area (Å²) in [6.45, 7) is 2.03. The number of aromatic nitrogens is 1.